The van der Waals surface area contributed by atoms with Gasteiger partial charge in [-0.05, 0) is 42.8 Å². The van der Waals surface area contributed by atoms with E-state index in [-0.39, 0.29) is 31.1 Å². The number of alkyl halides is 3. The van der Waals surface area contributed by atoms with E-state index in [9.17, 15) is 22.8 Å². The van der Waals surface area contributed by atoms with Gasteiger partial charge in [0.25, 0.3) is 0 Å². The van der Waals surface area contributed by atoms with Gasteiger partial charge in [0.2, 0.25) is 5.91 Å². The standard InChI is InChI=1S/C22H19F3N2O3/c1-21(9-15(28)10-21)20(29)27-19-11-26-18-7-6-16(8-17(18)19)30-12-13-2-4-14(5-3-13)22(23,24)25/h2-8,11,26H,9-10,12H2,1H3,(H,27,29). The van der Waals surface area contributed by atoms with Crippen LogP contribution in [0.25, 0.3) is 10.9 Å². The van der Waals surface area contributed by atoms with E-state index < -0.39 is 17.2 Å². The molecule has 3 aromatic rings. The Kier molecular flexibility index (Phi) is 4.80. The fourth-order valence-electron chi connectivity index (χ4n) is 3.50. The number of H-pyrrole nitrogens is 1. The minimum absolute atomic E-state index is 0.0746. The van der Waals surface area contributed by atoms with Gasteiger partial charge in [-0.25, -0.2) is 0 Å². The third kappa shape index (κ3) is 3.90. The lowest BCUT2D eigenvalue weighted by Gasteiger charge is -2.34. The summed E-state index contributed by atoms with van der Waals surface area (Å²) < 4.78 is 43.7. The third-order valence-electron chi connectivity index (χ3n) is 5.31. The summed E-state index contributed by atoms with van der Waals surface area (Å²) in [7, 11) is 0. The molecule has 0 atom stereocenters. The van der Waals surface area contributed by atoms with Gasteiger partial charge in [0.05, 0.1) is 16.7 Å². The summed E-state index contributed by atoms with van der Waals surface area (Å²) in [6.07, 6.45) is -2.22. The lowest BCUT2D eigenvalue weighted by molar-refractivity contribution is -0.142. The molecule has 1 aliphatic rings. The highest BCUT2D eigenvalue weighted by Crippen LogP contribution is 2.39. The predicted octanol–water partition coefficient (Wildman–Crippen LogP) is 5.07. The summed E-state index contributed by atoms with van der Waals surface area (Å²) >= 11 is 0. The first-order valence-electron chi connectivity index (χ1n) is 9.37. The predicted molar refractivity (Wildman–Crippen MR) is 105 cm³/mol. The minimum atomic E-state index is -4.37. The van der Waals surface area contributed by atoms with Gasteiger partial charge >= 0.3 is 6.18 Å². The van der Waals surface area contributed by atoms with E-state index in [1.807, 2.05) is 0 Å². The summed E-state index contributed by atoms with van der Waals surface area (Å²) in [5, 5.41) is 3.60. The van der Waals surface area contributed by atoms with E-state index in [4.69, 9.17) is 4.74 Å². The van der Waals surface area contributed by atoms with Gasteiger partial charge in [0.15, 0.2) is 0 Å². The number of ketones is 1. The Morgan fingerprint density at radius 3 is 2.50 bits per heavy atom. The second-order valence-electron chi connectivity index (χ2n) is 7.80. The van der Waals surface area contributed by atoms with Crippen molar-refractivity contribution < 1.29 is 27.5 Å². The molecule has 0 bridgehead atoms. The quantitative estimate of drug-likeness (QED) is 0.610. The maximum Gasteiger partial charge on any atom is 0.416 e. The monoisotopic (exact) mass is 416 g/mol. The summed E-state index contributed by atoms with van der Waals surface area (Å²) in [5.41, 5.74) is 0.588. The number of ether oxygens (including phenoxy) is 1. The lowest BCUT2D eigenvalue weighted by Crippen LogP contribution is -2.44. The molecule has 1 saturated carbocycles. The SMILES string of the molecule is CC1(C(=O)Nc2c[nH]c3ccc(OCc4ccc(C(F)(F)F)cc4)cc23)CC(=O)C1. The maximum absolute atomic E-state index is 12.7. The second-order valence-corrected chi connectivity index (χ2v) is 7.80. The molecule has 1 aromatic heterocycles. The molecule has 0 radical (unpaired) electrons. The molecule has 0 saturated heterocycles. The lowest BCUT2D eigenvalue weighted by atomic mass is 9.69. The van der Waals surface area contributed by atoms with Crippen molar-refractivity contribution in [1.82, 2.24) is 4.98 Å². The van der Waals surface area contributed by atoms with E-state index in [1.165, 1.54) is 12.1 Å². The van der Waals surface area contributed by atoms with Gasteiger partial charge in [-0.3, -0.25) is 9.59 Å². The number of amides is 1. The smallest absolute Gasteiger partial charge is 0.416 e. The number of hydrogen-bond donors (Lipinski definition) is 2. The second kappa shape index (κ2) is 7.19. The zero-order valence-corrected chi connectivity index (χ0v) is 16.1. The first-order chi connectivity index (χ1) is 14.1. The maximum atomic E-state index is 12.7. The van der Waals surface area contributed by atoms with E-state index >= 15 is 0 Å². The Balaban J connectivity index is 1.46. The van der Waals surface area contributed by atoms with E-state index in [2.05, 4.69) is 10.3 Å². The van der Waals surface area contributed by atoms with Crippen molar-refractivity contribution in [2.24, 2.45) is 5.41 Å². The molecular weight excluding hydrogens is 397 g/mol. The highest BCUT2D eigenvalue weighted by Gasteiger charge is 2.45. The molecule has 30 heavy (non-hydrogen) atoms. The van der Waals surface area contributed by atoms with Crippen molar-refractivity contribution >= 4 is 28.3 Å². The van der Waals surface area contributed by atoms with Crippen molar-refractivity contribution in [2.45, 2.75) is 32.5 Å². The van der Waals surface area contributed by atoms with E-state index in [1.54, 1.807) is 31.3 Å². The van der Waals surface area contributed by atoms with Crippen LogP contribution < -0.4 is 10.1 Å². The summed E-state index contributed by atoms with van der Waals surface area (Å²) in [6, 6.07) is 10.1. The van der Waals surface area contributed by atoms with Crippen LogP contribution in [0.2, 0.25) is 0 Å². The summed E-state index contributed by atoms with van der Waals surface area (Å²) in [5.74, 6) is 0.382. The number of nitrogens with one attached hydrogen (secondary N) is 2. The van der Waals surface area contributed by atoms with Crippen molar-refractivity contribution in [2.75, 3.05) is 5.32 Å². The Labute approximate surface area is 170 Å². The molecule has 1 aliphatic carbocycles. The van der Waals surface area contributed by atoms with Gasteiger partial charge in [0.1, 0.15) is 18.1 Å². The first-order valence-corrected chi connectivity index (χ1v) is 9.37. The Morgan fingerprint density at radius 2 is 1.87 bits per heavy atom. The number of aromatic nitrogens is 1. The number of fused-ring (bicyclic) bond motifs is 1. The van der Waals surface area contributed by atoms with Crippen LogP contribution >= 0.6 is 0 Å². The van der Waals surface area contributed by atoms with Crippen molar-refractivity contribution in [3.8, 4) is 5.75 Å². The summed E-state index contributed by atoms with van der Waals surface area (Å²) in [6.45, 7) is 1.87. The van der Waals surface area contributed by atoms with E-state index in [0.29, 0.717) is 17.0 Å². The van der Waals surface area contributed by atoms with Crippen LogP contribution in [0.3, 0.4) is 0 Å². The average molecular weight is 416 g/mol. The van der Waals surface area contributed by atoms with Gasteiger partial charge in [-0.2, -0.15) is 13.2 Å². The topological polar surface area (TPSA) is 71.2 Å². The van der Waals surface area contributed by atoms with Gasteiger partial charge < -0.3 is 15.0 Å². The molecular formula is C22H19F3N2O3. The number of carbonyl (C=O) groups is 2. The zero-order chi connectivity index (χ0) is 21.5. The molecule has 0 spiro atoms. The fourth-order valence-corrected chi connectivity index (χ4v) is 3.50. The number of halogens is 3. The molecule has 1 heterocycles. The van der Waals surface area contributed by atoms with Crippen molar-refractivity contribution in [3.05, 3.63) is 59.8 Å². The minimum Gasteiger partial charge on any atom is -0.489 e. The number of anilines is 1. The molecule has 0 unspecified atom stereocenters. The van der Waals surface area contributed by atoms with Gasteiger partial charge in [0, 0.05) is 29.9 Å². The summed E-state index contributed by atoms with van der Waals surface area (Å²) in [4.78, 5) is 26.9. The molecule has 2 N–H and O–H groups in total. The fraction of sp³-hybridized carbons (Fsp3) is 0.273. The zero-order valence-electron chi connectivity index (χ0n) is 16.1. The van der Waals surface area contributed by atoms with E-state index in [0.717, 1.165) is 23.0 Å². The Morgan fingerprint density at radius 1 is 1.17 bits per heavy atom. The van der Waals surface area contributed by atoms with Crippen molar-refractivity contribution in [3.63, 3.8) is 0 Å². The molecule has 156 valence electrons. The van der Waals surface area contributed by atoms with Crippen molar-refractivity contribution in [1.29, 1.82) is 0 Å². The van der Waals surface area contributed by atoms with Gasteiger partial charge in [-0.15, -0.1) is 0 Å². The molecule has 8 heteroatoms. The van der Waals surface area contributed by atoms with Crippen LogP contribution in [-0.4, -0.2) is 16.7 Å². The third-order valence-corrected chi connectivity index (χ3v) is 5.31. The van der Waals surface area contributed by atoms with Gasteiger partial charge in [-0.1, -0.05) is 12.1 Å². The first kappa shape index (κ1) is 20.0. The molecule has 0 aliphatic heterocycles. The van der Waals surface area contributed by atoms with Crippen LogP contribution in [0.15, 0.2) is 48.7 Å². The molecule has 4 rings (SSSR count). The molecule has 2 aromatic carbocycles. The molecule has 1 amide bonds. The highest BCUT2D eigenvalue weighted by molar-refractivity contribution is 6.08. The number of carbonyl (C=O) groups excluding carboxylic acids is 2. The Bertz CT molecular complexity index is 1110. The van der Waals surface area contributed by atoms with Crippen LogP contribution in [0, 0.1) is 5.41 Å². The van der Waals surface area contributed by atoms with Crippen LogP contribution in [0.4, 0.5) is 18.9 Å². The number of hydrogen-bond acceptors (Lipinski definition) is 3. The average Bonchev–Trinajstić information content (AvgIpc) is 3.07. The number of Topliss-reactive ketones (excluding diaryl/α,β-unsaturated/α-hetero) is 1. The van der Waals surface area contributed by atoms with Crippen LogP contribution in [0.5, 0.6) is 5.75 Å². The largest absolute Gasteiger partial charge is 0.489 e. The molecule has 1 fully saturated rings. The number of rotatable bonds is 5. The highest BCUT2D eigenvalue weighted by atomic mass is 19.4. The van der Waals surface area contributed by atoms with Crippen LogP contribution in [0.1, 0.15) is 30.9 Å². The normalized spacial score (nSPS) is 15.7. The molecule has 5 nitrogen and oxygen atoms in total. The van der Waals surface area contributed by atoms with Crippen LogP contribution in [-0.2, 0) is 22.4 Å². The Hall–Kier alpha value is -3.29. The number of benzene rings is 2. The number of aromatic amines is 1.